The summed E-state index contributed by atoms with van der Waals surface area (Å²) in [5.74, 6) is 0.735. The largest absolute Gasteiger partial charge is 0.353 e. The minimum atomic E-state index is -0.0540. The Balaban J connectivity index is 1.50. The molecule has 0 aromatic heterocycles. The van der Waals surface area contributed by atoms with Crippen molar-refractivity contribution in [2.75, 3.05) is 31.9 Å². The summed E-state index contributed by atoms with van der Waals surface area (Å²) in [6, 6.07) is 8.94. The van der Waals surface area contributed by atoms with E-state index in [1.165, 1.54) is 22.9 Å². The second-order valence-electron chi connectivity index (χ2n) is 6.39. The zero-order valence-corrected chi connectivity index (χ0v) is 15.0. The molecule has 0 bridgehead atoms. The number of rotatable bonds is 6. The van der Waals surface area contributed by atoms with E-state index in [0.29, 0.717) is 19.1 Å². The van der Waals surface area contributed by atoms with Gasteiger partial charge >= 0.3 is 0 Å². The summed E-state index contributed by atoms with van der Waals surface area (Å²) in [6.07, 6.45) is 2.07. The van der Waals surface area contributed by atoms with Gasteiger partial charge in [-0.05, 0) is 24.0 Å². The Labute approximate surface area is 147 Å². The predicted octanol–water partition coefficient (Wildman–Crippen LogP) is 2.11. The second kappa shape index (κ2) is 8.03. The predicted molar refractivity (Wildman–Crippen MR) is 97.1 cm³/mol. The van der Waals surface area contributed by atoms with Crippen LogP contribution in [0.25, 0.3) is 0 Å². The Kier molecular flexibility index (Phi) is 5.79. The molecule has 0 aliphatic carbocycles. The summed E-state index contributed by atoms with van der Waals surface area (Å²) in [4.78, 5) is 27.8. The van der Waals surface area contributed by atoms with Crippen LogP contribution in [0.5, 0.6) is 0 Å². The molecule has 6 heteroatoms. The molecule has 130 valence electrons. The van der Waals surface area contributed by atoms with Crippen molar-refractivity contribution in [2.24, 2.45) is 0 Å². The van der Waals surface area contributed by atoms with Gasteiger partial charge in [-0.1, -0.05) is 43.0 Å². The van der Waals surface area contributed by atoms with Crippen LogP contribution in [0.2, 0.25) is 0 Å². The van der Waals surface area contributed by atoms with Crippen molar-refractivity contribution in [1.82, 2.24) is 15.1 Å². The molecule has 2 aliphatic heterocycles. The molecule has 24 heavy (non-hydrogen) atoms. The fourth-order valence-corrected chi connectivity index (χ4v) is 4.22. The Hall–Kier alpha value is -1.53. The van der Waals surface area contributed by atoms with Gasteiger partial charge in [0.05, 0.1) is 0 Å². The number of carbonyl (C=O) groups is 2. The summed E-state index contributed by atoms with van der Waals surface area (Å²) >= 11 is 1.29. The van der Waals surface area contributed by atoms with Gasteiger partial charge in [0.25, 0.3) is 5.24 Å². The summed E-state index contributed by atoms with van der Waals surface area (Å²) in [7, 11) is 0. The lowest BCUT2D eigenvalue weighted by molar-refractivity contribution is -0.121. The van der Waals surface area contributed by atoms with E-state index in [-0.39, 0.29) is 17.7 Å². The Morgan fingerprint density at radius 3 is 2.79 bits per heavy atom. The lowest BCUT2D eigenvalue weighted by Crippen LogP contribution is -2.47. The van der Waals surface area contributed by atoms with Crippen LogP contribution < -0.4 is 5.32 Å². The smallest absolute Gasteiger partial charge is 0.282 e. The quantitative estimate of drug-likeness (QED) is 0.856. The molecule has 5 nitrogen and oxygen atoms in total. The van der Waals surface area contributed by atoms with E-state index >= 15 is 0 Å². The molecule has 1 saturated heterocycles. The number of nitrogens with one attached hydrogen (secondary N) is 1. The topological polar surface area (TPSA) is 52.7 Å². The van der Waals surface area contributed by atoms with Gasteiger partial charge in [-0.15, -0.1) is 0 Å². The molecule has 0 radical (unpaired) electrons. The number of hydrogen-bond donors (Lipinski definition) is 1. The van der Waals surface area contributed by atoms with Crippen LogP contribution >= 0.6 is 11.8 Å². The second-order valence-corrected chi connectivity index (χ2v) is 7.44. The molecular formula is C18H25N3O2S. The maximum Gasteiger partial charge on any atom is 0.282 e. The van der Waals surface area contributed by atoms with Gasteiger partial charge in [0, 0.05) is 38.0 Å². The third-order valence-corrected chi connectivity index (χ3v) is 5.75. The summed E-state index contributed by atoms with van der Waals surface area (Å²) < 4.78 is 0. The van der Waals surface area contributed by atoms with Crippen molar-refractivity contribution in [3.8, 4) is 0 Å². The molecule has 1 fully saturated rings. The number of nitrogens with zero attached hydrogens (tertiary/aromatic N) is 2. The van der Waals surface area contributed by atoms with Crippen molar-refractivity contribution in [3.63, 3.8) is 0 Å². The molecule has 0 saturated carbocycles. The molecule has 2 amide bonds. The zero-order chi connectivity index (χ0) is 16.9. The zero-order valence-electron chi connectivity index (χ0n) is 14.2. The summed E-state index contributed by atoms with van der Waals surface area (Å²) in [5, 5.41) is 3.04. The highest BCUT2D eigenvalue weighted by atomic mass is 32.2. The molecule has 2 aliphatic rings. The fourth-order valence-electron chi connectivity index (χ4n) is 3.39. The number of thioether (sulfide) groups is 1. The Morgan fingerprint density at radius 1 is 1.29 bits per heavy atom. The number of carbonyl (C=O) groups excluding carboxylic acids is 2. The van der Waals surface area contributed by atoms with Gasteiger partial charge in [0.2, 0.25) is 5.91 Å². The van der Waals surface area contributed by atoms with E-state index < -0.39 is 0 Å². The van der Waals surface area contributed by atoms with Gasteiger partial charge in [0.15, 0.2) is 0 Å². The molecular weight excluding hydrogens is 322 g/mol. The Morgan fingerprint density at radius 2 is 2.08 bits per heavy atom. The maximum atomic E-state index is 12.1. The molecule has 1 atom stereocenters. The SMILES string of the molecule is CC[C@@H](CNC(=O)CN1CCSC1=O)N1CCc2ccccc2C1. The number of fused-ring (bicyclic) bond motifs is 1. The minimum absolute atomic E-state index is 0.0184. The first kappa shape index (κ1) is 17.3. The van der Waals surface area contributed by atoms with Gasteiger partial charge in [0.1, 0.15) is 6.54 Å². The molecule has 3 rings (SSSR count). The van der Waals surface area contributed by atoms with E-state index in [1.54, 1.807) is 4.90 Å². The first-order valence-corrected chi connectivity index (χ1v) is 9.65. The Bertz CT molecular complexity index is 608. The maximum absolute atomic E-state index is 12.1. The van der Waals surface area contributed by atoms with Crippen LogP contribution in [-0.4, -0.2) is 58.9 Å². The number of amides is 2. The van der Waals surface area contributed by atoms with Gasteiger partial charge < -0.3 is 10.2 Å². The summed E-state index contributed by atoms with van der Waals surface area (Å²) in [6.45, 7) is 5.66. The van der Waals surface area contributed by atoms with E-state index in [0.717, 1.165) is 31.7 Å². The van der Waals surface area contributed by atoms with E-state index in [2.05, 4.69) is 41.4 Å². The monoisotopic (exact) mass is 347 g/mol. The third-order valence-electron chi connectivity index (χ3n) is 4.86. The highest BCUT2D eigenvalue weighted by Gasteiger charge is 2.25. The van der Waals surface area contributed by atoms with Crippen LogP contribution in [0, 0.1) is 0 Å². The van der Waals surface area contributed by atoms with Crippen LogP contribution in [0.1, 0.15) is 24.5 Å². The number of hydrogen-bond acceptors (Lipinski definition) is 4. The van der Waals surface area contributed by atoms with Gasteiger partial charge in [-0.2, -0.15) is 0 Å². The lowest BCUT2D eigenvalue weighted by atomic mass is 9.98. The van der Waals surface area contributed by atoms with Crippen molar-refractivity contribution >= 4 is 22.9 Å². The van der Waals surface area contributed by atoms with Crippen LogP contribution in [-0.2, 0) is 17.8 Å². The molecule has 1 aromatic carbocycles. The minimum Gasteiger partial charge on any atom is -0.353 e. The van der Waals surface area contributed by atoms with Crippen molar-refractivity contribution in [1.29, 1.82) is 0 Å². The lowest BCUT2D eigenvalue weighted by Gasteiger charge is -2.35. The van der Waals surface area contributed by atoms with Gasteiger partial charge in [-0.25, -0.2) is 0 Å². The molecule has 2 heterocycles. The highest BCUT2D eigenvalue weighted by Crippen LogP contribution is 2.21. The molecule has 1 aromatic rings. The van der Waals surface area contributed by atoms with Crippen LogP contribution in [0.3, 0.4) is 0 Å². The first-order chi connectivity index (χ1) is 11.7. The average molecular weight is 347 g/mol. The average Bonchev–Trinajstić information content (AvgIpc) is 3.00. The standard InChI is InChI=1S/C18H25N3O2S/c1-2-16(11-19-17(22)13-21-9-10-24-18(21)23)20-8-7-14-5-3-4-6-15(14)12-20/h3-6,16H,2,7-13H2,1H3,(H,19,22)/t16-/m0/s1. The van der Waals surface area contributed by atoms with Gasteiger partial charge in [-0.3, -0.25) is 14.5 Å². The fraction of sp³-hybridized carbons (Fsp3) is 0.556. The van der Waals surface area contributed by atoms with Crippen LogP contribution in [0.4, 0.5) is 4.79 Å². The molecule has 0 unspecified atom stereocenters. The van der Waals surface area contributed by atoms with Crippen molar-refractivity contribution < 1.29 is 9.59 Å². The van der Waals surface area contributed by atoms with E-state index in [4.69, 9.17) is 0 Å². The van der Waals surface area contributed by atoms with Crippen molar-refractivity contribution in [2.45, 2.75) is 32.4 Å². The third kappa shape index (κ3) is 4.11. The van der Waals surface area contributed by atoms with E-state index in [1.807, 2.05) is 0 Å². The van der Waals surface area contributed by atoms with E-state index in [9.17, 15) is 9.59 Å². The molecule has 1 N–H and O–H groups in total. The van der Waals surface area contributed by atoms with Crippen molar-refractivity contribution in [3.05, 3.63) is 35.4 Å². The van der Waals surface area contributed by atoms with Crippen LogP contribution in [0.15, 0.2) is 24.3 Å². The number of benzene rings is 1. The highest BCUT2D eigenvalue weighted by molar-refractivity contribution is 8.13. The first-order valence-electron chi connectivity index (χ1n) is 8.66. The normalized spacial score (nSPS) is 19.2. The molecule has 0 spiro atoms. The summed E-state index contributed by atoms with van der Waals surface area (Å²) in [5.41, 5.74) is 2.84.